The molecule has 0 amide bonds. The minimum absolute atomic E-state index is 0.0120. The van der Waals surface area contributed by atoms with E-state index in [1.54, 1.807) is 43.3 Å². The van der Waals surface area contributed by atoms with Crippen LogP contribution in [-0.2, 0) is 10.3 Å². The summed E-state index contributed by atoms with van der Waals surface area (Å²) < 4.78 is 19.0. The quantitative estimate of drug-likeness (QED) is 0.886. The fourth-order valence-corrected chi connectivity index (χ4v) is 1.92. The highest BCUT2D eigenvalue weighted by molar-refractivity contribution is 5.80. The first-order chi connectivity index (χ1) is 9.93. The Morgan fingerprint density at radius 1 is 1.29 bits per heavy atom. The summed E-state index contributed by atoms with van der Waals surface area (Å²) >= 11 is 0. The molecule has 1 unspecified atom stereocenters. The molecule has 5 heteroatoms. The zero-order valence-electron chi connectivity index (χ0n) is 11.5. The maximum atomic E-state index is 13.6. The molecule has 0 saturated carbocycles. The van der Waals surface area contributed by atoms with Crippen molar-refractivity contribution in [1.82, 2.24) is 0 Å². The number of carboxylic acids is 1. The van der Waals surface area contributed by atoms with E-state index in [1.807, 2.05) is 0 Å². The number of benzene rings is 2. The number of hydrogen-bond donors (Lipinski definition) is 2. The maximum absolute atomic E-state index is 13.6. The highest BCUT2D eigenvalue weighted by Gasteiger charge is 2.37. The first-order valence-corrected chi connectivity index (χ1v) is 6.40. The van der Waals surface area contributed by atoms with Gasteiger partial charge in [-0.2, -0.15) is 0 Å². The molecular weight excluding hydrogens is 273 g/mol. The number of carbonyl (C=O) groups is 1. The molecule has 0 saturated heterocycles. The molecule has 110 valence electrons. The van der Waals surface area contributed by atoms with Crippen molar-refractivity contribution in [3.8, 4) is 5.75 Å². The van der Waals surface area contributed by atoms with E-state index in [-0.39, 0.29) is 12.4 Å². The van der Waals surface area contributed by atoms with E-state index < -0.39 is 17.3 Å². The molecule has 3 N–H and O–H groups in total. The van der Waals surface area contributed by atoms with Crippen LogP contribution in [0.5, 0.6) is 5.75 Å². The molecule has 0 fully saturated rings. The molecule has 0 radical (unpaired) electrons. The lowest BCUT2D eigenvalue weighted by atomic mass is 9.92. The van der Waals surface area contributed by atoms with Crippen LogP contribution in [0.2, 0.25) is 0 Å². The SMILES string of the molecule is Cc1ccc(F)c(OCC(N)(C(=O)O)c2ccccc2)c1. The minimum atomic E-state index is -1.74. The van der Waals surface area contributed by atoms with Crippen molar-refractivity contribution in [2.24, 2.45) is 5.73 Å². The summed E-state index contributed by atoms with van der Waals surface area (Å²) in [5, 5.41) is 9.39. The Kier molecular flexibility index (Phi) is 4.23. The molecule has 2 aromatic carbocycles. The Balaban J connectivity index is 2.26. The zero-order valence-corrected chi connectivity index (χ0v) is 11.5. The normalized spacial score (nSPS) is 13.5. The van der Waals surface area contributed by atoms with Gasteiger partial charge < -0.3 is 15.6 Å². The van der Waals surface area contributed by atoms with Gasteiger partial charge in [-0.25, -0.2) is 9.18 Å². The summed E-state index contributed by atoms with van der Waals surface area (Å²) in [5.74, 6) is -1.80. The van der Waals surface area contributed by atoms with Gasteiger partial charge in [0.05, 0.1) is 0 Å². The molecule has 0 aliphatic rings. The van der Waals surface area contributed by atoms with Crippen LogP contribution in [0, 0.1) is 12.7 Å². The second-order valence-corrected chi connectivity index (χ2v) is 4.87. The third kappa shape index (κ3) is 3.20. The Hall–Kier alpha value is -2.40. The largest absolute Gasteiger partial charge is 0.488 e. The lowest BCUT2D eigenvalue weighted by Gasteiger charge is -2.25. The van der Waals surface area contributed by atoms with Gasteiger partial charge in [-0.15, -0.1) is 0 Å². The lowest BCUT2D eigenvalue weighted by molar-refractivity contribution is -0.145. The van der Waals surface area contributed by atoms with Gasteiger partial charge in [-0.1, -0.05) is 36.4 Å². The van der Waals surface area contributed by atoms with E-state index in [4.69, 9.17) is 10.5 Å². The number of halogens is 1. The van der Waals surface area contributed by atoms with E-state index in [1.165, 1.54) is 12.1 Å². The van der Waals surface area contributed by atoms with Gasteiger partial charge in [0.25, 0.3) is 0 Å². The Morgan fingerprint density at radius 2 is 1.95 bits per heavy atom. The Labute approximate surface area is 122 Å². The van der Waals surface area contributed by atoms with Gasteiger partial charge >= 0.3 is 5.97 Å². The van der Waals surface area contributed by atoms with Gasteiger partial charge in [-0.3, -0.25) is 0 Å². The smallest absolute Gasteiger partial charge is 0.331 e. The lowest BCUT2D eigenvalue weighted by Crippen LogP contribution is -2.49. The molecule has 4 nitrogen and oxygen atoms in total. The highest BCUT2D eigenvalue weighted by atomic mass is 19.1. The predicted molar refractivity (Wildman–Crippen MR) is 76.6 cm³/mol. The number of nitrogens with two attached hydrogens (primary N) is 1. The standard InChI is InChI=1S/C16H16FNO3/c1-11-7-8-13(17)14(9-11)21-10-16(18,15(19)20)12-5-3-2-4-6-12/h2-9H,10,18H2,1H3,(H,19,20). The van der Waals surface area contributed by atoms with Gasteiger partial charge in [0.2, 0.25) is 0 Å². The van der Waals surface area contributed by atoms with E-state index in [9.17, 15) is 14.3 Å². The van der Waals surface area contributed by atoms with E-state index in [0.29, 0.717) is 5.56 Å². The molecule has 0 spiro atoms. The van der Waals surface area contributed by atoms with Crippen LogP contribution >= 0.6 is 0 Å². The average Bonchev–Trinajstić information content (AvgIpc) is 2.48. The van der Waals surface area contributed by atoms with Crippen molar-refractivity contribution < 1.29 is 19.0 Å². The van der Waals surface area contributed by atoms with Crippen LogP contribution < -0.4 is 10.5 Å². The second kappa shape index (κ2) is 5.93. The average molecular weight is 289 g/mol. The summed E-state index contributed by atoms with van der Waals surface area (Å²) in [7, 11) is 0. The van der Waals surface area contributed by atoms with Crippen molar-refractivity contribution in [1.29, 1.82) is 0 Å². The predicted octanol–water partition coefficient (Wildman–Crippen LogP) is 2.45. The van der Waals surface area contributed by atoms with Crippen LogP contribution in [0.3, 0.4) is 0 Å². The summed E-state index contributed by atoms with van der Waals surface area (Å²) in [5.41, 5.74) is 5.42. The number of aliphatic carboxylic acids is 1. The van der Waals surface area contributed by atoms with Crippen molar-refractivity contribution in [3.05, 3.63) is 65.5 Å². The van der Waals surface area contributed by atoms with E-state index in [0.717, 1.165) is 5.56 Å². The molecule has 21 heavy (non-hydrogen) atoms. The first-order valence-electron chi connectivity index (χ1n) is 6.40. The molecule has 1 atom stereocenters. The highest BCUT2D eigenvalue weighted by Crippen LogP contribution is 2.23. The number of ether oxygens (including phenoxy) is 1. The third-order valence-corrected chi connectivity index (χ3v) is 3.21. The second-order valence-electron chi connectivity index (χ2n) is 4.87. The summed E-state index contributed by atoms with van der Waals surface area (Å²) in [6.45, 7) is 1.42. The maximum Gasteiger partial charge on any atom is 0.331 e. The third-order valence-electron chi connectivity index (χ3n) is 3.21. The summed E-state index contributed by atoms with van der Waals surface area (Å²) in [6.07, 6.45) is 0. The van der Waals surface area contributed by atoms with Crippen molar-refractivity contribution in [3.63, 3.8) is 0 Å². The van der Waals surface area contributed by atoms with Crippen LogP contribution in [0.4, 0.5) is 4.39 Å². The van der Waals surface area contributed by atoms with Gasteiger partial charge in [0.15, 0.2) is 17.1 Å². The van der Waals surface area contributed by atoms with Crippen LogP contribution in [0.25, 0.3) is 0 Å². The van der Waals surface area contributed by atoms with Gasteiger partial charge in [0, 0.05) is 0 Å². The van der Waals surface area contributed by atoms with Crippen molar-refractivity contribution in [2.75, 3.05) is 6.61 Å². The number of hydrogen-bond acceptors (Lipinski definition) is 3. The molecule has 0 aliphatic carbocycles. The molecule has 2 aromatic rings. The Morgan fingerprint density at radius 3 is 2.57 bits per heavy atom. The fraction of sp³-hybridized carbons (Fsp3) is 0.188. The van der Waals surface area contributed by atoms with Crippen LogP contribution in [0.15, 0.2) is 48.5 Å². The van der Waals surface area contributed by atoms with Crippen LogP contribution in [-0.4, -0.2) is 17.7 Å². The molecule has 0 aromatic heterocycles. The zero-order chi connectivity index (χ0) is 15.5. The van der Waals surface area contributed by atoms with E-state index in [2.05, 4.69) is 0 Å². The molecule has 2 rings (SSSR count). The van der Waals surface area contributed by atoms with Gasteiger partial charge in [-0.05, 0) is 30.2 Å². The Bertz CT molecular complexity index is 645. The summed E-state index contributed by atoms with van der Waals surface area (Å²) in [6, 6.07) is 12.7. The molecule has 0 aliphatic heterocycles. The van der Waals surface area contributed by atoms with Gasteiger partial charge in [0.1, 0.15) is 6.61 Å². The first kappa shape index (κ1) is 15.0. The number of rotatable bonds is 5. The molecule has 0 bridgehead atoms. The topological polar surface area (TPSA) is 72.5 Å². The van der Waals surface area contributed by atoms with Crippen molar-refractivity contribution >= 4 is 5.97 Å². The molecule has 0 heterocycles. The molecular formula is C16H16FNO3. The van der Waals surface area contributed by atoms with Crippen molar-refractivity contribution in [2.45, 2.75) is 12.5 Å². The fourth-order valence-electron chi connectivity index (χ4n) is 1.92. The minimum Gasteiger partial charge on any atom is -0.488 e. The summed E-state index contributed by atoms with van der Waals surface area (Å²) in [4.78, 5) is 11.5. The monoisotopic (exact) mass is 289 g/mol. The number of carboxylic acid groups (broad SMARTS) is 1. The number of aryl methyl sites for hydroxylation is 1. The van der Waals surface area contributed by atoms with E-state index >= 15 is 0 Å². The van der Waals surface area contributed by atoms with Crippen LogP contribution in [0.1, 0.15) is 11.1 Å².